The molecule has 0 unspecified atom stereocenters. The first kappa shape index (κ1) is 19.3. The van der Waals surface area contributed by atoms with Crippen LogP contribution in [-0.4, -0.2) is 49.5 Å². The molecule has 0 N–H and O–H groups in total. The lowest BCUT2D eigenvalue weighted by Gasteiger charge is -2.23. The molecular formula is C19H22F3N3O2. The number of aromatic nitrogens is 1. The number of anilines is 1. The van der Waals surface area contributed by atoms with Crippen molar-refractivity contribution in [3.05, 3.63) is 48.2 Å². The fraction of sp³-hybridized carbons (Fsp3) is 0.421. The highest BCUT2D eigenvalue weighted by atomic mass is 19.4. The van der Waals surface area contributed by atoms with Crippen molar-refractivity contribution in [2.24, 2.45) is 0 Å². The summed E-state index contributed by atoms with van der Waals surface area (Å²) in [5.41, 5.74) is 1.22. The Morgan fingerprint density at radius 3 is 2.33 bits per heavy atom. The molecule has 0 bridgehead atoms. The minimum Gasteiger partial charge on any atom is -0.497 e. The Kier molecular flexibility index (Phi) is 6.05. The number of ether oxygens (including phenoxy) is 2. The highest BCUT2D eigenvalue weighted by Crippen LogP contribution is 2.24. The topological polar surface area (TPSA) is 37.8 Å². The molecule has 8 heteroatoms. The molecule has 0 radical (unpaired) electrons. The Morgan fingerprint density at radius 1 is 0.963 bits per heavy atom. The van der Waals surface area contributed by atoms with E-state index in [1.165, 1.54) is 11.6 Å². The van der Waals surface area contributed by atoms with E-state index in [4.69, 9.17) is 4.74 Å². The number of nitrogens with zero attached hydrogens (tertiary/aromatic N) is 3. The van der Waals surface area contributed by atoms with Gasteiger partial charge in [-0.2, -0.15) is 0 Å². The van der Waals surface area contributed by atoms with Crippen LogP contribution < -0.4 is 14.4 Å². The van der Waals surface area contributed by atoms with Crippen LogP contribution in [-0.2, 0) is 6.54 Å². The van der Waals surface area contributed by atoms with E-state index in [0.717, 1.165) is 51.1 Å². The van der Waals surface area contributed by atoms with E-state index in [2.05, 4.69) is 31.7 Å². The number of halogens is 3. The molecule has 1 aliphatic heterocycles. The first-order valence-electron chi connectivity index (χ1n) is 8.75. The molecule has 1 aliphatic rings. The fourth-order valence-corrected chi connectivity index (χ4v) is 3.10. The molecule has 2 aromatic rings. The predicted molar refractivity (Wildman–Crippen MR) is 96.0 cm³/mol. The third-order valence-corrected chi connectivity index (χ3v) is 4.43. The Bertz CT molecular complexity index is 720. The van der Waals surface area contributed by atoms with E-state index in [0.29, 0.717) is 5.82 Å². The number of hydrogen-bond donors (Lipinski definition) is 0. The standard InChI is InChI=1S/C19H22F3N3O2/c1-26-16-5-3-15(4-6-16)14-24-9-2-10-25(12-11-24)18-8-7-17(13-23-18)27-19(20,21)22/h3-8,13H,2,9-12,14H2,1H3. The van der Waals surface area contributed by atoms with Gasteiger partial charge < -0.3 is 14.4 Å². The Hall–Kier alpha value is -2.48. The van der Waals surface area contributed by atoms with Gasteiger partial charge in [0.1, 0.15) is 17.3 Å². The van der Waals surface area contributed by atoms with Crippen LogP contribution in [0.15, 0.2) is 42.6 Å². The molecule has 27 heavy (non-hydrogen) atoms. The second-order valence-corrected chi connectivity index (χ2v) is 6.36. The van der Waals surface area contributed by atoms with Gasteiger partial charge in [0, 0.05) is 32.7 Å². The minimum absolute atomic E-state index is 0.304. The maximum atomic E-state index is 12.2. The third kappa shape index (κ3) is 5.75. The van der Waals surface area contributed by atoms with Crippen LogP contribution in [0.1, 0.15) is 12.0 Å². The molecule has 0 aliphatic carbocycles. The van der Waals surface area contributed by atoms with E-state index in [1.54, 1.807) is 13.2 Å². The van der Waals surface area contributed by atoms with Gasteiger partial charge in [-0.05, 0) is 36.2 Å². The van der Waals surface area contributed by atoms with Crippen molar-refractivity contribution in [2.75, 3.05) is 38.2 Å². The fourth-order valence-electron chi connectivity index (χ4n) is 3.10. The van der Waals surface area contributed by atoms with E-state index in [-0.39, 0.29) is 5.75 Å². The highest BCUT2D eigenvalue weighted by Gasteiger charge is 2.31. The molecule has 3 rings (SSSR count). The van der Waals surface area contributed by atoms with Crippen molar-refractivity contribution in [3.63, 3.8) is 0 Å². The molecule has 1 saturated heterocycles. The van der Waals surface area contributed by atoms with Gasteiger partial charge >= 0.3 is 6.36 Å². The molecule has 1 fully saturated rings. The van der Waals surface area contributed by atoms with Crippen LogP contribution in [0.5, 0.6) is 11.5 Å². The average molecular weight is 381 g/mol. The van der Waals surface area contributed by atoms with Crippen molar-refractivity contribution in [2.45, 2.75) is 19.3 Å². The molecule has 0 spiro atoms. The number of hydrogen-bond acceptors (Lipinski definition) is 5. The third-order valence-electron chi connectivity index (χ3n) is 4.43. The van der Waals surface area contributed by atoms with E-state index < -0.39 is 6.36 Å². The lowest BCUT2D eigenvalue weighted by molar-refractivity contribution is -0.274. The van der Waals surface area contributed by atoms with Gasteiger partial charge in [-0.3, -0.25) is 4.90 Å². The zero-order chi connectivity index (χ0) is 19.3. The number of methoxy groups -OCH3 is 1. The van der Waals surface area contributed by atoms with Crippen molar-refractivity contribution in [3.8, 4) is 11.5 Å². The summed E-state index contributed by atoms with van der Waals surface area (Å²) in [4.78, 5) is 8.58. The predicted octanol–water partition coefficient (Wildman–Crippen LogP) is 3.70. The van der Waals surface area contributed by atoms with Crippen LogP contribution in [0.2, 0.25) is 0 Å². The Labute approximate surface area is 156 Å². The Balaban J connectivity index is 1.56. The molecule has 1 aromatic carbocycles. The molecule has 5 nitrogen and oxygen atoms in total. The normalized spacial score (nSPS) is 16.1. The van der Waals surface area contributed by atoms with Gasteiger partial charge in [-0.1, -0.05) is 12.1 Å². The Morgan fingerprint density at radius 2 is 1.70 bits per heavy atom. The second kappa shape index (κ2) is 8.47. The van der Waals surface area contributed by atoms with Crippen LogP contribution in [0, 0.1) is 0 Å². The maximum absolute atomic E-state index is 12.2. The van der Waals surface area contributed by atoms with Crippen LogP contribution in [0.3, 0.4) is 0 Å². The highest BCUT2D eigenvalue weighted by molar-refractivity contribution is 5.41. The van der Waals surface area contributed by atoms with Crippen molar-refractivity contribution < 1.29 is 22.6 Å². The van der Waals surface area contributed by atoms with Crippen molar-refractivity contribution >= 4 is 5.82 Å². The second-order valence-electron chi connectivity index (χ2n) is 6.36. The van der Waals surface area contributed by atoms with Crippen LogP contribution >= 0.6 is 0 Å². The summed E-state index contributed by atoms with van der Waals surface area (Å²) in [6.07, 6.45) is -2.63. The summed E-state index contributed by atoms with van der Waals surface area (Å²) < 4.78 is 45.8. The van der Waals surface area contributed by atoms with E-state index in [1.807, 2.05) is 12.1 Å². The summed E-state index contributed by atoms with van der Waals surface area (Å²) in [5, 5.41) is 0. The molecule has 1 aromatic heterocycles. The van der Waals surface area contributed by atoms with Gasteiger partial charge in [-0.25, -0.2) is 4.98 Å². The summed E-state index contributed by atoms with van der Waals surface area (Å²) in [6, 6.07) is 10.9. The smallest absolute Gasteiger partial charge is 0.497 e. The SMILES string of the molecule is COc1ccc(CN2CCCN(c3ccc(OC(F)(F)F)cn3)CC2)cc1. The molecule has 0 amide bonds. The quantitative estimate of drug-likeness (QED) is 0.790. The van der Waals surface area contributed by atoms with Gasteiger partial charge in [0.25, 0.3) is 0 Å². The number of pyridine rings is 1. The van der Waals surface area contributed by atoms with Crippen LogP contribution in [0.4, 0.5) is 19.0 Å². The van der Waals surface area contributed by atoms with Crippen molar-refractivity contribution in [1.29, 1.82) is 0 Å². The zero-order valence-corrected chi connectivity index (χ0v) is 15.1. The monoisotopic (exact) mass is 381 g/mol. The summed E-state index contributed by atoms with van der Waals surface area (Å²) in [7, 11) is 1.65. The summed E-state index contributed by atoms with van der Waals surface area (Å²) in [5.74, 6) is 1.20. The molecule has 2 heterocycles. The molecule has 0 saturated carbocycles. The number of rotatable bonds is 5. The zero-order valence-electron chi connectivity index (χ0n) is 15.1. The van der Waals surface area contributed by atoms with Crippen LogP contribution in [0.25, 0.3) is 0 Å². The van der Waals surface area contributed by atoms with Gasteiger partial charge in [0.2, 0.25) is 0 Å². The average Bonchev–Trinajstić information content (AvgIpc) is 2.87. The molecule has 0 atom stereocenters. The first-order valence-corrected chi connectivity index (χ1v) is 8.75. The van der Waals surface area contributed by atoms with Crippen molar-refractivity contribution in [1.82, 2.24) is 9.88 Å². The summed E-state index contributed by atoms with van der Waals surface area (Å²) in [6.45, 7) is 4.24. The lowest BCUT2D eigenvalue weighted by Crippen LogP contribution is -2.31. The minimum atomic E-state index is -4.70. The first-order chi connectivity index (χ1) is 12.9. The summed E-state index contributed by atoms with van der Waals surface area (Å²) >= 11 is 0. The van der Waals surface area contributed by atoms with E-state index in [9.17, 15) is 13.2 Å². The maximum Gasteiger partial charge on any atom is 0.573 e. The number of benzene rings is 1. The largest absolute Gasteiger partial charge is 0.573 e. The molecular weight excluding hydrogens is 359 g/mol. The van der Waals surface area contributed by atoms with Gasteiger partial charge in [0.15, 0.2) is 0 Å². The molecule has 146 valence electrons. The van der Waals surface area contributed by atoms with E-state index >= 15 is 0 Å². The lowest BCUT2D eigenvalue weighted by atomic mass is 10.2. The van der Waals surface area contributed by atoms with Gasteiger partial charge in [-0.15, -0.1) is 13.2 Å². The number of alkyl halides is 3. The van der Waals surface area contributed by atoms with Gasteiger partial charge in [0.05, 0.1) is 13.3 Å².